The summed E-state index contributed by atoms with van der Waals surface area (Å²) in [6.07, 6.45) is 5.60. The minimum atomic E-state index is -0.142. The number of pyridine rings is 1. The number of nitrogen functional groups attached to an aromatic ring is 1. The Hall–Kier alpha value is -2.54. The first kappa shape index (κ1) is 20.1. The van der Waals surface area contributed by atoms with Crippen LogP contribution in [-0.2, 0) is 12.8 Å². The number of aryl methyl sites for hydroxylation is 2. The van der Waals surface area contributed by atoms with Crippen LogP contribution in [0.2, 0.25) is 5.02 Å². The molecule has 4 nitrogen and oxygen atoms in total. The van der Waals surface area contributed by atoms with E-state index < -0.39 is 0 Å². The third kappa shape index (κ3) is 3.20. The maximum absolute atomic E-state index is 14.0. The smallest absolute Gasteiger partial charge is 0.275 e. The van der Waals surface area contributed by atoms with Crippen molar-refractivity contribution in [2.24, 2.45) is 0 Å². The molecule has 0 atom stereocenters. The number of rotatable bonds is 1. The predicted molar refractivity (Wildman–Crippen MR) is 134 cm³/mol. The fourth-order valence-electron chi connectivity index (χ4n) is 4.54. The van der Waals surface area contributed by atoms with Crippen LogP contribution < -0.4 is 10.6 Å². The molecule has 1 aliphatic carbocycles. The predicted octanol–water partition coefficient (Wildman–Crippen LogP) is 7.24. The van der Waals surface area contributed by atoms with Gasteiger partial charge in [-0.05, 0) is 67.6 Å². The van der Waals surface area contributed by atoms with Crippen LogP contribution in [0.3, 0.4) is 0 Å². The van der Waals surface area contributed by atoms with Crippen LogP contribution >= 0.6 is 34.7 Å². The number of carbonyl (C=O) groups is 1. The summed E-state index contributed by atoms with van der Waals surface area (Å²) in [7, 11) is 0. The first-order valence-corrected chi connectivity index (χ1v) is 12.7. The molecule has 0 saturated heterocycles. The van der Waals surface area contributed by atoms with Crippen molar-refractivity contribution < 1.29 is 4.79 Å². The van der Waals surface area contributed by atoms with Gasteiger partial charge in [0.15, 0.2) is 0 Å². The van der Waals surface area contributed by atoms with Crippen molar-refractivity contribution in [2.75, 3.05) is 10.6 Å². The quantitative estimate of drug-likeness (QED) is 0.293. The van der Waals surface area contributed by atoms with Crippen molar-refractivity contribution in [2.45, 2.75) is 41.9 Å². The number of anilines is 3. The SMILES string of the molecule is Nc1c(C(=O)N2c3ccccc3Sc3ccc(Cl)cc32)sc2nc3c(cc12)CCCCC3. The summed E-state index contributed by atoms with van der Waals surface area (Å²) in [4.78, 5) is 24.1. The molecule has 0 spiro atoms. The van der Waals surface area contributed by atoms with E-state index in [0.29, 0.717) is 15.6 Å². The Labute approximate surface area is 199 Å². The third-order valence-corrected chi connectivity index (χ3v) is 8.60. The lowest BCUT2D eigenvalue weighted by atomic mass is 10.1. The van der Waals surface area contributed by atoms with E-state index in [9.17, 15) is 4.79 Å². The number of aromatic nitrogens is 1. The van der Waals surface area contributed by atoms with Crippen LogP contribution in [0, 0.1) is 0 Å². The average molecular weight is 478 g/mol. The molecule has 2 aliphatic rings. The van der Waals surface area contributed by atoms with Crippen LogP contribution in [0.4, 0.5) is 17.1 Å². The molecule has 1 aliphatic heterocycles. The van der Waals surface area contributed by atoms with Crippen LogP contribution in [-0.4, -0.2) is 10.9 Å². The fraction of sp³-hybridized carbons (Fsp3) is 0.200. The Kier molecular flexibility index (Phi) is 4.90. The molecular weight excluding hydrogens is 458 g/mol. The molecule has 160 valence electrons. The first-order chi connectivity index (χ1) is 15.6. The van der Waals surface area contributed by atoms with E-state index in [0.717, 1.165) is 56.3 Å². The summed E-state index contributed by atoms with van der Waals surface area (Å²) in [5.41, 5.74) is 11.2. The van der Waals surface area contributed by atoms with Gasteiger partial charge in [-0.25, -0.2) is 4.98 Å². The van der Waals surface area contributed by atoms with Gasteiger partial charge in [0.1, 0.15) is 9.71 Å². The summed E-state index contributed by atoms with van der Waals surface area (Å²) in [6.45, 7) is 0. The van der Waals surface area contributed by atoms with Crippen LogP contribution in [0.25, 0.3) is 10.2 Å². The summed E-state index contributed by atoms with van der Waals surface area (Å²) in [5, 5.41) is 1.49. The molecule has 0 saturated carbocycles. The summed E-state index contributed by atoms with van der Waals surface area (Å²) in [5.74, 6) is -0.142. The van der Waals surface area contributed by atoms with Gasteiger partial charge in [-0.15, -0.1) is 11.3 Å². The summed E-state index contributed by atoms with van der Waals surface area (Å²) >= 11 is 9.36. The molecule has 32 heavy (non-hydrogen) atoms. The highest BCUT2D eigenvalue weighted by Gasteiger charge is 2.32. The summed E-state index contributed by atoms with van der Waals surface area (Å²) in [6, 6.07) is 15.8. The molecule has 2 N–H and O–H groups in total. The Morgan fingerprint density at radius 3 is 2.72 bits per heavy atom. The van der Waals surface area contributed by atoms with Crippen molar-refractivity contribution in [3.63, 3.8) is 0 Å². The lowest BCUT2D eigenvalue weighted by Crippen LogP contribution is -2.28. The van der Waals surface area contributed by atoms with E-state index in [1.807, 2.05) is 42.5 Å². The number of carbonyl (C=O) groups excluding carboxylic acids is 1. The molecular formula is C25H20ClN3OS2. The van der Waals surface area contributed by atoms with Gasteiger partial charge in [0.25, 0.3) is 5.91 Å². The second-order valence-corrected chi connectivity index (χ2v) is 10.7. The van der Waals surface area contributed by atoms with Crippen molar-refractivity contribution in [1.82, 2.24) is 4.98 Å². The van der Waals surface area contributed by atoms with Gasteiger partial charge in [0.2, 0.25) is 0 Å². The average Bonchev–Trinajstić information content (AvgIpc) is 2.96. The van der Waals surface area contributed by atoms with Gasteiger partial charge in [-0.3, -0.25) is 9.69 Å². The minimum absolute atomic E-state index is 0.142. The van der Waals surface area contributed by atoms with Gasteiger partial charge in [0, 0.05) is 25.9 Å². The zero-order chi connectivity index (χ0) is 21.8. The van der Waals surface area contributed by atoms with Gasteiger partial charge >= 0.3 is 0 Å². The molecule has 7 heteroatoms. The number of hydrogen-bond acceptors (Lipinski definition) is 5. The maximum atomic E-state index is 14.0. The van der Waals surface area contributed by atoms with Crippen molar-refractivity contribution in [3.8, 4) is 0 Å². The van der Waals surface area contributed by atoms with E-state index in [2.05, 4.69) is 6.07 Å². The van der Waals surface area contributed by atoms with Gasteiger partial charge < -0.3 is 5.73 Å². The van der Waals surface area contributed by atoms with Crippen LogP contribution in [0.15, 0.2) is 58.3 Å². The highest BCUT2D eigenvalue weighted by Crippen LogP contribution is 2.50. The number of nitrogens with zero attached hydrogens (tertiary/aromatic N) is 2. The third-order valence-electron chi connectivity index (χ3n) is 6.13. The first-order valence-electron chi connectivity index (χ1n) is 10.7. The number of para-hydroxylation sites is 1. The topological polar surface area (TPSA) is 59.2 Å². The van der Waals surface area contributed by atoms with Crippen molar-refractivity contribution in [1.29, 1.82) is 0 Å². The fourth-order valence-corrected chi connectivity index (χ4v) is 6.77. The van der Waals surface area contributed by atoms with E-state index in [1.165, 1.54) is 29.7 Å². The Bertz CT molecular complexity index is 1400. The monoisotopic (exact) mass is 477 g/mol. The molecule has 6 rings (SSSR count). The number of halogens is 1. The largest absolute Gasteiger partial charge is 0.397 e. The Morgan fingerprint density at radius 2 is 1.81 bits per heavy atom. The van der Waals surface area contributed by atoms with E-state index in [-0.39, 0.29) is 5.91 Å². The highest BCUT2D eigenvalue weighted by molar-refractivity contribution is 7.99. The second kappa shape index (κ2) is 7.80. The molecule has 0 radical (unpaired) electrons. The molecule has 1 amide bonds. The molecule has 2 aromatic heterocycles. The lowest BCUT2D eigenvalue weighted by molar-refractivity contribution is 0.100. The van der Waals surface area contributed by atoms with Gasteiger partial charge in [-0.1, -0.05) is 41.9 Å². The van der Waals surface area contributed by atoms with Crippen molar-refractivity contribution >= 4 is 67.9 Å². The standard InChI is InChI=1S/C25H20ClN3OS2/c26-15-10-11-21-19(13-15)29(18-8-4-5-9-20(18)31-21)25(30)23-22(27)16-12-14-6-2-1-3-7-17(14)28-24(16)32-23/h4-5,8-13H,1-3,6-7,27H2. The maximum Gasteiger partial charge on any atom is 0.275 e. The molecule has 3 heterocycles. The molecule has 0 unspecified atom stereocenters. The van der Waals surface area contributed by atoms with Gasteiger partial charge in [0.05, 0.1) is 17.1 Å². The molecule has 0 fully saturated rings. The molecule has 4 aromatic rings. The second-order valence-electron chi connectivity index (χ2n) is 8.17. The van der Waals surface area contributed by atoms with E-state index in [1.54, 1.807) is 16.7 Å². The van der Waals surface area contributed by atoms with Crippen LogP contribution in [0.1, 0.15) is 40.2 Å². The van der Waals surface area contributed by atoms with E-state index >= 15 is 0 Å². The normalized spacial score (nSPS) is 15.1. The number of nitrogens with two attached hydrogens (primary N) is 1. The van der Waals surface area contributed by atoms with Crippen LogP contribution in [0.5, 0.6) is 0 Å². The molecule has 0 bridgehead atoms. The number of fused-ring (bicyclic) bond motifs is 4. The Balaban J connectivity index is 1.51. The number of benzene rings is 2. The lowest BCUT2D eigenvalue weighted by Gasteiger charge is -2.31. The van der Waals surface area contributed by atoms with Crippen molar-refractivity contribution in [3.05, 3.63) is 69.7 Å². The molecule has 2 aromatic carbocycles. The number of amides is 1. The Morgan fingerprint density at radius 1 is 1.00 bits per heavy atom. The number of hydrogen-bond donors (Lipinski definition) is 1. The van der Waals surface area contributed by atoms with E-state index in [4.69, 9.17) is 22.3 Å². The van der Waals surface area contributed by atoms with Gasteiger partial charge in [-0.2, -0.15) is 0 Å². The summed E-state index contributed by atoms with van der Waals surface area (Å²) < 4.78 is 0. The minimum Gasteiger partial charge on any atom is -0.397 e. The number of thiophene rings is 1. The highest BCUT2D eigenvalue weighted by atomic mass is 35.5. The zero-order valence-electron chi connectivity index (χ0n) is 17.2. The zero-order valence-corrected chi connectivity index (χ0v) is 19.6.